The van der Waals surface area contributed by atoms with E-state index in [0.29, 0.717) is 30.3 Å². The van der Waals surface area contributed by atoms with Gasteiger partial charge in [0.25, 0.3) is 0 Å². The van der Waals surface area contributed by atoms with E-state index >= 15 is 0 Å². The molecule has 0 aliphatic heterocycles. The van der Waals surface area contributed by atoms with Crippen molar-refractivity contribution in [2.45, 2.75) is 44.3 Å². The quantitative estimate of drug-likeness (QED) is 0.592. The van der Waals surface area contributed by atoms with Crippen molar-refractivity contribution in [1.29, 1.82) is 0 Å². The minimum absolute atomic E-state index is 0.362. The number of phenols is 1. The van der Waals surface area contributed by atoms with Crippen molar-refractivity contribution in [2.24, 2.45) is 0 Å². The van der Waals surface area contributed by atoms with Crippen molar-refractivity contribution in [3.63, 3.8) is 0 Å². The molecule has 0 amide bonds. The van der Waals surface area contributed by atoms with Gasteiger partial charge in [-0.2, -0.15) is 4.98 Å². The molecular weight excluding hydrogens is 362 g/mol. The third-order valence-corrected chi connectivity index (χ3v) is 5.64. The first-order valence-electron chi connectivity index (χ1n) is 10.3. The monoisotopic (exact) mass is 391 g/mol. The second kappa shape index (κ2) is 8.66. The van der Waals surface area contributed by atoms with Crippen LogP contribution in [0, 0.1) is 0 Å². The van der Waals surface area contributed by atoms with E-state index in [1.54, 1.807) is 6.07 Å². The van der Waals surface area contributed by atoms with Crippen molar-refractivity contribution in [1.82, 2.24) is 15.3 Å². The summed E-state index contributed by atoms with van der Waals surface area (Å²) in [5, 5.41) is 18.1. The van der Waals surface area contributed by atoms with Crippen molar-refractivity contribution >= 4 is 22.7 Å². The molecule has 3 aromatic rings. The molecule has 0 unspecified atom stereocenters. The molecular formula is C23H29N5O. The molecule has 0 saturated heterocycles. The molecule has 3 N–H and O–H groups in total. The lowest BCUT2D eigenvalue weighted by atomic mass is 9.91. The minimum atomic E-state index is 0.362. The summed E-state index contributed by atoms with van der Waals surface area (Å²) in [6.07, 6.45) is 4.34. The summed E-state index contributed by atoms with van der Waals surface area (Å²) in [5.41, 5.74) is 1.92. The third-order valence-electron chi connectivity index (χ3n) is 5.64. The molecule has 4 rings (SSSR count). The van der Waals surface area contributed by atoms with Crippen LogP contribution in [0.1, 0.15) is 31.2 Å². The Morgan fingerprint density at radius 1 is 0.931 bits per heavy atom. The molecule has 29 heavy (non-hydrogen) atoms. The topological polar surface area (TPSA) is 73.3 Å². The van der Waals surface area contributed by atoms with E-state index in [9.17, 15) is 5.11 Å². The van der Waals surface area contributed by atoms with Crippen LogP contribution >= 0.6 is 0 Å². The predicted molar refractivity (Wildman–Crippen MR) is 118 cm³/mol. The molecule has 1 aliphatic rings. The lowest BCUT2D eigenvalue weighted by Gasteiger charge is -2.30. The van der Waals surface area contributed by atoms with Crippen molar-refractivity contribution in [3.05, 3.63) is 54.1 Å². The Kier molecular flexibility index (Phi) is 5.81. The van der Waals surface area contributed by atoms with Gasteiger partial charge in [-0.15, -0.1) is 0 Å². The number of hydrogen-bond acceptors (Lipinski definition) is 6. The van der Waals surface area contributed by atoms with E-state index in [2.05, 4.69) is 16.7 Å². The zero-order valence-corrected chi connectivity index (χ0v) is 17.1. The second-order valence-corrected chi connectivity index (χ2v) is 7.98. The van der Waals surface area contributed by atoms with Crippen LogP contribution in [0.2, 0.25) is 0 Å². The number of nitrogens with zero attached hydrogens (tertiary/aromatic N) is 3. The smallest absolute Gasteiger partial charge is 0.225 e. The maximum atomic E-state index is 9.92. The summed E-state index contributed by atoms with van der Waals surface area (Å²) in [4.78, 5) is 11.5. The van der Waals surface area contributed by atoms with Crippen LogP contribution in [0.25, 0.3) is 10.9 Å². The molecule has 1 saturated carbocycles. The number of phenolic OH excluding ortho intramolecular Hbond substituents is 1. The van der Waals surface area contributed by atoms with Gasteiger partial charge in [-0.25, -0.2) is 4.98 Å². The predicted octanol–water partition coefficient (Wildman–Crippen LogP) is 3.91. The molecule has 1 aromatic heterocycles. The third kappa shape index (κ3) is 4.59. The van der Waals surface area contributed by atoms with Crippen LogP contribution in [0.3, 0.4) is 0 Å². The Balaban J connectivity index is 1.35. The molecule has 152 valence electrons. The van der Waals surface area contributed by atoms with Crippen molar-refractivity contribution < 1.29 is 5.11 Å². The molecule has 1 fully saturated rings. The van der Waals surface area contributed by atoms with Gasteiger partial charge in [0.2, 0.25) is 5.95 Å². The van der Waals surface area contributed by atoms with E-state index in [4.69, 9.17) is 9.97 Å². The molecule has 2 aromatic carbocycles. The number of nitrogens with one attached hydrogen (secondary N) is 2. The molecule has 0 atom stereocenters. The van der Waals surface area contributed by atoms with Gasteiger partial charge in [0.1, 0.15) is 11.6 Å². The lowest BCUT2D eigenvalue weighted by molar-refractivity contribution is 0.350. The summed E-state index contributed by atoms with van der Waals surface area (Å²) in [7, 11) is 4.03. The Bertz CT molecular complexity index is 966. The van der Waals surface area contributed by atoms with E-state index in [1.807, 2.05) is 55.4 Å². The number of para-hydroxylation sites is 2. The standard InChI is InChI=1S/C23H29N5O/c1-28(2)22-19-8-4-5-9-20(19)26-23(27-22)25-18-13-11-17(12-14-18)24-15-16-7-3-6-10-21(16)29/h3-10,17-18,24,29H,11-15H2,1-2H3,(H,25,26,27). The second-order valence-electron chi connectivity index (χ2n) is 7.98. The molecule has 6 nitrogen and oxygen atoms in total. The Hall–Kier alpha value is -2.86. The van der Waals surface area contributed by atoms with Gasteiger partial charge in [0, 0.05) is 43.7 Å². The summed E-state index contributed by atoms with van der Waals surface area (Å²) in [6, 6.07) is 16.5. The lowest BCUT2D eigenvalue weighted by Crippen LogP contribution is -2.37. The number of aromatic hydroxyl groups is 1. The summed E-state index contributed by atoms with van der Waals surface area (Å²) in [6.45, 7) is 0.704. The van der Waals surface area contributed by atoms with Crippen LogP contribution in [-0.4, -0.2) is 41.3 Å². The molecule has 6 heteroatoms. The normalized spacial score (nSPS) is 19.2. The largest absolute Gasteiger partial charge is 0.508 e. The summed E-state index contributed by atoms with van der Waals surface area (Å²) >= 11 is 0. The maximum absolute atomic E-state index is 9.92. The average molecular weight is 392 g/mol. The van der Waals surface area contributed by atoms with E-state index < -0.39 is 0 Å². The SMILES string of the molecule is CN(C)c1nc(NC2CCC(NCc3ccccc3O)CC2)nc2ccccc12. The first-order valence-corrected chi connectivity index (χ1v) is 10.3. The Labute approximate surface area is 172 Å². The van der Waals surface area contributed by atoms with Crippen LogP contribution < -0.4 is 15.5 Å². The number of anilines is 2. The highest BCUT2D eigenvalue weighted by molar-refractivity contribution is 5.90. The van der Waals surface area contributed by atoms with Gasteiger partial charge in [-0.3, -0.25) is 0 Å². The fraction of sp³-hybridized carbons (Fsp3) is 0.391. The zero-order chi connectivity index (χ0) is 20.2. The number of benzene rings is 2. The molecule has 0 spiro atoms. The van der Waals surface area contributed by atoms with Gasteiger partial charge in [0.05, 0.1) is 5.52 Å². The van der Waals surface area contributed by atoms with Crippen molar-refractivity contribution in [3.8, 4) is 5.75 Å². The van der Waals surface area contributed by atoms with Gasteiger partial charge >= 0.3 is 0 Å². The maximum Gasteiger partial charge on any atom is 0.225 e. The van der Waals surface area contributed by atoms with Gasteiger partial charge < -0.3 is 20.6 Å². The fourth-order valence-electron chi connectivity index (χ4n) is 4.00. The number of hydrogen-bond donors (Lipinski definition) is 3. The van der Waals surface area contributed by atoms with Crippen LogP contribution in [0.5, 0.6) is 5.75 Å². The van der Waals surface area contributed by atoms with Gasteiger partial charge in [0.15, 0.2) is 0 Å². The first-order chi connectivity index (χ1) is 14.1. The van der Waals surface area contributed by atoms with Crippen LogP contribution in [0.4, 0.5) is 11.8 Å². The van der Waals surface area contributed by atoms with Crippen molar-refractivity contribution in [2.75, 3.05) is 24.3 Å². The highest BCUT2D eigenvalue weighted by atomic mass is 16.3. The molecule has 1 aliphatic carbocycles. The van der Waals surface area contributed by atoms with E-state index in [0.717, 1.165) is 48.0 Å². The highest BCUT2D eigenvalue weighted by Crippen LogP contribution is 2.26. The number of rotatable bonds is 6. The highest BCUT2D eigenvalue weighted by Gasteiger charge is 2.22. The summed E-state index contributed by atoms with van der Waals surface area (Å²) in [5.74, 6) is 2.01. The summed E-state index contributed by atoms with van der Waals surface area (Å²) < 4.78 is 0. The number of aromatic nitrogens is 2. The molecule has 0 bridgehead atoms. The Morgan fingerprint density at radius 2 is 1.62 bits per heavy atom. The minimum Gasteiger partial charge on any atom is -0.508 e. The number of fused-ring (bicyclic) bond motifs is 1. The first kappa shape index (κ1) is 19.5. The van der Waals surface area contributed by atoms with Crippen LogP contribution in [-0.2, 0) is 6.54 Å². The van der Waals surface area contributed by atoms with Crippen LogP contribution in [0.15, 0.2) is 48.5 Å². The average Bonchev–Trinajstić information content (AvgIpc) is 2.73. The Morgan fingerprint density at radius 3 is 2.38 bits per heavy atom. The van der Waals surface area contributed by atoms with E-state index in [1.165, 1.54) is 0 Å². The van der Waals surface area contributed by atoms with E-state index in [-0.39, 0.29) is 0 Å². The zero-order valence-electron chi connectivity index (χ0n) is 17.1. The van der Waals surface area contributed by atoms with Gasteiger partial charge in [-0.05, 0) is 43.9 Å². The molecule has 0 radical (unpaired) electrons. The van der Waals surface area contributed by atoms with Gasteiger partial charge in [-0.1, -0.05) is 30.3 Å². The fourth-order valence-corrected chi connectivity index (χ4v) is 4.00. The molecule has 1 heterocycles.